The standard InChI is InChI=1S/C20H21ClN6O7/c21-19-25-14(23)12-15(26-19)27(8-24-12)16-11(22)13(28)10(34-16)7-33-20(17(29)30,18(31)32)6-9-4-2-1-3-5-9/h1-5,8,10-11,13,16,28H,6-7,22H2,(H,29,30)(H,31,32)(H2,23,25,26)/t10-,11-,13-,16-/m1/s1. The molecule has 1 saturated heterocycles. The molecule has 0 saturated carbocycles. The maximum Gasteiger partial charge on any atom is 0.348 e. The van der Waals surface area contributed by atoms with E-state index in [9.17, 15) is 24.9 Å². The molecule has 13 nitrogen and oxygen atoms in total. The van der Waals surface area contributed by atoms with Crippen LogP contribution in [0.4, 0.5) is 5.82 Å². The summed E-state index contributed by atoms with van der Waals surface area (Å²) in [5.74, 6) is -3.35. The van der Waals surface area contributed by atoms with Crippen molar-refractivity contribution >= 4 is 40.5 Å². The van der Waals surface area contributed by atoms with Gasteiger partial charge in [0.15, 0.2) is 17.7 Å². The fourth-order valence-electron chi connectivity index (χ4n) is 3.78. The van der Waals surface area contributed by atoms with Gasteiger partial charge in [-0.15, -0.1) is 0 Å². The molecule has 1 fully saturated rings. The first kappa shape index (κ1) is 23.8. The molecule has 0 radical (unpaired) electrons. The van der Waals surface area contributed by atoms with E-state index < -0.39 is 55.0 Å². The zero-order valence-corrected chi connectivity index (χ0v) is 18.2. The maximum absolute atomic E-state index is 12.0. The minimum atomic E-state index is -2.61. The van der Waals surface area contributed by atoms with Gasteiger partial charge in [0.25, 0.3) is 5.60 Å². The molecule has 0 unspecified atom stereocenters. The Morgan fingerprint density at radius 3 is 2.53 bits per heavy atom. The van der Waals surface area contributed by atoms with E-state index in [4.69, 9.17) is 32.5 Å². The van der Waals surface area contributed by atoms with E-state index in [0.29, 0.717) is 5.56 Å². The second kappa shape index (κ2) is 9.12. The van der Waals surface area contributed by atoms with Crippen LogP contribution < -0.4 is 11.5 Å². The molecule has 2 aromatic heterocycles. The van der Waals surface area contributed by atoms with Gasteiger partial charge >= 0.3 is 11.9 Å². The van der Waals surface area contributed by atoms with Crippen LogP contribution in [0.25, 0.3) is 11.2 Å². The number of carboxylic acids is 2. The van der Waals surface area contributed by atoms with Crippen molar-refractivity contribution in [1.29, 1.82) is 0 Å². The Hall–Kier alpha value is -3.36. The number of rotatable bonds is 8. The minimum absolute atomic E-state index is 0.0364. The van der Waals surface area contributed by atoms with Crippen LogP contribution in [0, 0.1) is 0 Å². The quantitative estimate of drug-likeness (QED) is 0.205. The number of hydrogen-bond acceptors (Lipinski definition) is 10. The first-order chi connectivity index (χ1) is 16.1. The molecule has 14 heteroatoms. The van der Waals surface area contributed by atoms with Crippen LogP contribution in [0.3, 0.4) is 0 Å². The Labute approximate surface area is 196 Å². The maximum atomic E-state index is 12.0. The Morgan fingerprint density at radius 2 is 1.88 bits per heavy atom. The Bertz CT molecular complexity index is 1210. The van der Waals surface area contributed by atoms with Crippen LogP contribution in [0.5, 0.6) is 0 Å². The molecule has 1 aromatic carbocycles. The van der Waals surface area contributed by atoms with Crippen LogP contribution in [-0.2, 0) is 25.5 Å². The van der Waals surface area contributed by atoms with Crippen LogP contribution >= 0.6 is 11.6 Å². The SMILES string of the molecule is Nc1nc(Cl)nc2c1ncn2[C@@H]1O[C@H](COC(Cc2ccccc2)(C(=O)O)C(=O)O)[C@@H](O)[C@H]1N. The van der Waals surface area contributed by atoms with Crippen molar-refractivity contribution in [2.45, 2.75) is 36.5 Å². The molecular weight excluding hydrogens is 472 g/mol. The minimum Gasteiger partial charge on any atom is -0.479 e. The van der Waals surface area contributed by atoms with Gasteiger partial charge in [-0.05, 0) is 17.2 Å². The number of carbonyl (C=O) groups is 2. The van der Waals surface area contributed by atoms with E-state index in [1.165, 1.54) is 10.9 Å². The van der Waals surface area contributed by atoms with Crippen molar-refractivity contribution in [3.8, 4) is 0 Å². The molecule has 7 N–H and O–H groups in total. The van der Waals surface area contributed by atoms with Crippen molar-refractivity contribution in [1.82, 2.24) is 19.5 Å². The van der Waals surface area contributed by atoms with E-state index in [0.717, 1.165) is 0 Å². The summed E-state index contributed by atoms with van der Waals surface area (Å²) >= 11 is 5.88. The van der Waals surface area contributed by atoms with Gasteiger partial charge in [-0.1, -0.05) is 30.3 Å². The van der Waals surface area contributed by atoms with Gasteiger partial charge in [-0.3, -0.25) is 4.57 Å². The molecule has 0 bridgehead atoms. The number of halogens is 1. The van der Waals surface area contributed by atoms with E-state index in [1.807, 2.05) is 0 Å². The van der Waals surface area contributed by atoms with E-state index in [1.54, 1.807) is 30.3 Å². The summed E-state index contributed by atoms with van der Waals surface area (Å²) in [7, 11) is 0. The summed E-state index contributed by atoms with van der Waals surface area (Å²) in [6.45, 7) is -0.568. The molecule has 3 heterocycles. The summed E-state index contributed by atoms with van der Waals surface area (Å²) in [4.78, 5) is 36.0. The Balaban J connectivity index is 1.57. The van der Waals surface area contributed by atoms with E-state index in [2.05, 4.69) is 15.0 Å². The molecule has 3 aromatic rings. The number of imidazole rings is 1. The monoisotopic (exact) mass is 492 g/mol. The highest BCUT2D eigenvalue weighted by atomic mass is 35.5. The lowest BCUT2D eigenvalue weighted by atomic mass is 9.94. The lowest BCUT2D eigenvalue weighted by Gasteiger charge is -2.27. The Kier molecular flexibility index (Phi) is 6.38. The van der Waals surface area contributed by atoms with Crippen LogP contribution in [0.1, 0.15) is 11.8 Å². The number of aliphatic carboxylic acids is 2. The molecule has 4 atom stereocenters. The molecule has 34 heavy (non-hydrogen) atoms. The summed E-state index contributed by atoms with van der Waals surface area (Å²) in [5, 5.41) is 30.0. The summed E-state index contributed by atoms with van der Waals surface area (Å²) in [6, 6.07) is 7.16. The number of nitrogens with two attached hydrogens (primary N) is 2. The highest BCUT2D eigenvalue weighted by Gasteiger charge is 2.51. The highest BCUT2D eigenvalue weighted by Crippen LogP contribution is 2.32. The first-order valence-corrected chi connectivity index (χ1v) is 10.4. The molecule has 0 spiro atoms. The van der Waals surface area contributed by atoms with Crippen molar-refractivity contribution in [3.63, 3.8) is 0 Å². The van der Waals surface area contributed by atoms with Crippen molar-refractivity contribution < 1.29 is 34.4 Å². The predicted molar refractivity (Wildman–Crippen MR) is 117 cm³/mol. The first-order valence-electron chi connectivity index (χ1n) is 10.0. The van der Waals surface area contributed by atoms with Gasteiger partial charge in [-0.25, -0.2) is 14.6 Å². The average molecular weight is 493 g/mol. The van der Waals surface area contributed by atoms with Crippen LogP contribution in [0.2, 0.25) is 5.28 Å². The van der Waals surface area contributed by atoms with Crippen molar-refractivity contribution in [3.05, 3.63) is 47.5 Å². The van der Waals surface area contributed by atoms with E-state index in [-0.39, 0.29) is 22.3 Å². The summed E-state index contributed by atoms with van der Waals surface area (Å²) < 4.78 is 12.6. The smallest absolute Gasteiger partial charge is 0.348 e. The molecule has 0 aliphatic carbocycles. The third-order valence-corrected chi connectivity index (χ3v) is 5.76. The molecule has 4 rings (SSSR count). The number of aliphatic hydroxyl groups is 1. The number of ether oxygens (including phenoxy) is 2. The zero-order chi connectivity index (χ0) is 24.6. The van der Waals surface area contributed by atoms with Gasteiger partial charge < -0.3 is 36.3 Å². The van der Waals surface area contributed by atoms with Gasteiger partial charge in [-0.2, -0.15) is 9.97 Å². The third kappa shape index (κ3) is 4.15. The van der Waals surface area contributed by atoms with Gasteiger partial charge in [0.1, 0.15) is 17.7 Å². The average Bonchev–Trinajstić information content (AvgIpc) is 3.33. The number of hydrogen-bond donors (Lipinski definition) is 5. The number of fused-ring (bicyclic) bond motifs is 1. The fourth-order valence-corrected chi connectivity index (χ4v) is 3.95. The predicted octanol–water partition coefficient (Wildman–Crippen LogP) is -0.185. The molecule has 0 amide bonds. The van der Waals surface area contributed by atoms with E-state index >= 15 is 0 Å². The van der Waals surface area contributed by atoms with Crippen LogP contribution in [-0.4, -0.2) is 77.2 Å². The summed E-state index contributed by atoms with van der Waals surface area (Å²) in [6.07, 6.45) is -2.59. The number of carboxylic acid groups (broad SMARTS) is 2. The number of benzene rings is 1. The molecule has 1 aliphatic rings. The molecular formula is C20H21ClN6O7. The van der Waals surface area contributed by atoms with Gasteiger partial charge in [0.2, 0.25) is 5.28 Å². The second-order valence-corrected chi connectivity index (χ2v) is 8.08. The lowest BCUT2D eigenvalue weighted by Crippen LogP contribution is -2.53. The number of aliphatic hydroxyl groups excluding tert-OH is 1. The van der Waals surface area contributed by atoms with Crippen molar-refractivity contribution in [2.24, 2.45) is 5.73 Å². The number of nitrogen functional groups attached to an aromatic ring is 1. The Morgan fingerprint density at radius 1 is 1.21 bits per heavy atom. The number of nitrogens with zero attached hydrogens (tertiary/aromatic N) is 4. The topological polar surface area (TPSA) is 209 Å². The lowest BCUT2D eigenvalue weighted by molar-refractivity contribution is -0.190. The third-order valence-electron chi connectivity index (χ3n) is 5.59. The molecule has 180 valence electrons. The zero-order valence-electron chi connectivity index (χ0n) is 17.5. The van der Waals surface area contributed by atoms with Gasteiger partial charge in [0.05, 0.1) is 19.0 Å². The second-order valence-electron chi connectivity index (χ2n) is 7.75. The summed E-state index contributed by atoms with van der Waals surface area (Å²) in [5.41, 5.74) is 10.2. The molecule has 1 aliphatic heterocycles. The normalized spacial score (nSPS) is 22.8. The van der Waals surface area contributed by atoms with Crippen LogP contribution in [0.15, 0.2) is 36.7 Å². The number of anilines is 1. The fraction of sp³-hybridized carbons (Fsp3) is 0.350. The van der Waals surface area contributed by atoms with Crippen molar-refractivity contribution in [2.75, 3.05) is 12.3 Å². The highest BCUT2D eigenvalue weighted by molar-refractivity contribution is 6.28. The largest absolute Gasteiger partial charge is 0.479 e. The van der Waals surface area contributed by atoms with Gasteiger partial charge in [0, 0.05) is 6.42 Å². The number of aromatic nitrogens is 4.